The first-order chi connectivity index (χ1) is 12.0. The first kappa shape index (κ1) is 17.4. The fraction of sp³-hybridized carbons (Fsp3) is 0.190. The lowest BCUT2D eigenvalue weighted by Crippen LogP contribution is -2.39. The summed E-state index contributed by atoms with van der Waals surface area (Å²) in [6.45, 7) is 1.90. The fourth-order valence-corrected chi connectivity index (χ4v) is 3.36. The predicted octanol–water partition coefficient (Wildman–Crippen LogP) is 3.98. The molecule has 3 nitrogen and oxygen atoms in total. The molecule has 0 fully saturated rings. The molecular formula is C21H21NO2S. The van der Waals surface area contributed by atoms with E-state index in [1.54, 1.807) is 18.3 Å². The van der Waals surface area contributed by atoms with Crippen LogP contribution in [0, 0.1) is 0 Å². The summed E-state index contributed by atoms with van der Waals surface area (Å²) >= 11 is 1.56. The van der Waals surface area contributed by atoms with Crippen molar-refractivity contribution in [1.82, 2.24) is 5.32 Å². The van der Waals surface area contributed by atoms with E-state index in [1.165, 1.54) is 0 Å². The Morgan fingerprint density at radius 1 is 1.00 bits per heavy atom. The van der Waals surface area contributed by atoms with Crippen LogP contribution in [-0.4, -0.2) is 17.6 Å². The Balaban J connectivity index is 1.62. The van der Waals surface area contributed by atoms with E-state index in [0.29, 0.717) is 6.42 Å². The maximum atomic E-state index is 12.0. The van der Waals surface area contributed by atoms with Gasteiger partial charge < -0.3 is 10.4 Å². The highest BCUT2D eigenvalue weighted by Gasteiger charge is 2.23. The number of hydrogen-bond acceptors (Lipinski definition) is 3. The lowest BCUT2D eigenvalue weighted by molar-refractivity contribution is -0.121. The van der Waals surface area contributed by atoms with E-state index in [1.807, 2.05) is 60.0 Å². The highest BCUT2D eigenvalue weighted by atomic mass is 32.1. The average Bonchev–Trinajstić information content (AvgIpc) is 3.14. The molecule has 0 spiro atoms. The van der Waals surface area contributed by atoms with Crippen molar-refractivity contribution in [2.24, 2.45) is 0 Å². The number of rotatable bonds is 6. The van der Waals surface area contributed by atoms with Crippen LogP contribution in [0.3, 0.4) is 0 Å². The first-order valence-corrected chi connectivity index (χ1v) is 9.10. The van der Waals surface area contributed by atoms with E-state index in [0.717, 1.165) is 21.6 Å². The summed E-state index contributed by atoms with van der Waals surface area (Å²) in [6, 6.07) is 21.8. The third-order valence-electron chi connectivity index (χ3n) is 4.16. The summed E-state index contributed by atoms with van der Waals surface area (Å²) in [4.78, 5) is 13.0. The number of carbonyl (C=O) groups is 1. The van der Waals surface area contributed by atoms with Gasteiger partial charge in [-0.3, -0.25) is 4.79 Å². The molecule has 0 unspecified atom stereocenters. The summed E-state index contributed by atoms with van der Waals surface area (Å²) in [5.41, 5.74) is 1.91. The number of thiophene rings is 1. The second-order valence-corrected chi connectivity index (χ2v) is 7.28. The molecule has 0 bridgehead atoms. The van der Waals surface area contributed by atoms with Gasteiger partial charge in [-0.25, -0.2) is 0 Å². The van der Waals surface area contributed by atoms with E-state index in [4.69, 9.17) is 0 Å². The van der Waals surface area contributed by atoms with Crippen molar-refractivity contribution in [3.63, 3.8) is 0 Å². The molecule has 3 rings (SSSR count). The molecule has 0 saturated heterocycles. The van der Waals surface area contributed by atoms with Crippen LogP contribution >= 0.6 is 11.3 Å². The zero-order chi connectivity index (χ0) is 17.7. The molecule has 2 N–H and O–H groups in total. The summed E-state index contributed by atoms with van der Waals surface area (Å²) in [6.07, 6.45) is 0.348. The van der Waals surface area contributed by atoms with Crippen molar-refractivity contribution in [2.75, 3.05) is 6.54 Å². The van der Waals surface area contributed by atoms with Crippen LogP contribution in [0.5, 0.6) is 0 Å². The van der Waals surface area contributed by atoms with Crippen LogP contribution in [0.2, 0.25) is 0 Å². The summed E-state index contributed by atoms with van der Waals surface area (Å²) in [5.74, 6) is -0.0800. The number of carbonyl (C=O) groups excluding carboxylic acids is 1. The van der Waals surface area contributed by atoms with Crippen LogP contribution < -0.4 is 5.32 Å². The lowest BCUT2D eigenvalue weighted by Gasteiger charge is -2.24. The Bertz CT molecular complexity index is 809. The molecule has 0 radical (unpaired) electrons. The molecule has 1 amide bonds. The van der Waals surface area contributed by atoms with Crippen LogP contribution in [0.15, 0.2) is 72.1 Å². The maximum absolute atomic E-state index is 12.0. The normalized spacial score (nSPS) is 13.2. The summed E-state index contributed by atoms with van der Waals surface area (Å²) in [5, 5.41) is 15.5. The minimum atomic E-state index is -1.11. The highest BCUT2D eigenvalue weighted by molar-refractivity contribution is 7.10. The van der Waals surface area contributed by atoms with E-state index < -0.39 is 5.60 Å². The Morgan fingerprint density at radius 2 is 1.68 bits per heavy atom. The zero-order valence-corrected chi connectivity index (χ0v) is 14.9. The molecule has 1 atom stereocenters. The second-order valence-electron chi connectivity index (χ2n) is 6.25. The monoisotopic (exact) mass is 351 g/mol. The SMILES string of the molecule is C[C@](O)(CNC(=O)Cc1cccs1)c1ccc(-c2ccccc2)cc1. The standard InChI is InChI=1S/C21H21NO2S/c1-21(24,15-22-20(23)14-19-8-5-13-25-19)18-11-9-17(10-12-18)16-6-3-2-4-7-16/h2-13,24H,14-15H2,1H3,(H,22,23)/t21-/m0/s1. The van der Waals surface area contributed by atoms with Gasteiger partial charge in [-0.05, 0) is 35.1 Å². The van der Waals surface area contributed by atoms with Crippen molar-refractivity contribution < 1.29 is 9.90 Å². The van der Waals surface area contributed by atoms with Crippen LogP contribution in [-0.2, 0) is 16.8 Å². The molecule has 0 aliphatic rings. The summed E-state index contributed by atoms with van der Waals surface area (Å²) in [7, 11) is 0. The lowest BCUT2D eigenvalue weighted by atomic mass is 9.93. The van der Waals surface area contributed by atoms with Gasteiger partial charge in [-0.2, -0.15) is 0 Å². The number of nitrogens with one attached hydrogen (secondary N) is 1. The largest absolute Gasteiger partial charge is 0.384 e. The predicted molar refractivity (Wildman–Crippen MR) is 102 cm³/mol. The minimum Gasteiger partial charge on any atom is -0.384 e. The molecule has 1 heterocycles. The van der Waals surface area contributed by atoms with Gasteiger partial charge >= 0.3 is 0 Å². The van der Waals surface area contributed by atoms with Crippen LogP contribution in [0.25, 0.3) is 11.1 Å². The first-order valence-electron chi connectivity index (χ1n) is 8.22. The zero-order valence-electron chi connectivity index (χ0n) is 14.1. The quantitative estimate of drug-likeness (QED) is 0.706. The van der Waals surface area contributed by atoms with Crippen LogP contribution in [0.1, 0.15) is 17.4 Å². The number of hydrogen-bond donors (Lipinski definition) is 2. The van der Waals surface area contributed by atoms with Gasteiger partial charge in [0.25, 0.3) is 0 Å². The average molecular weight is 351 g/mol. The van der Waals surface area contributed by atoms with Gasteiger partial charge in [0, 0.05) is 4.88 Å². The molecular weight excluding hydrogens is 330 g/mol. The molecule has 2 aromatic carbocycles. The summed E-state index contributed by atoms with van der Waals surface area (Å²) < 4.78 is 0. The Hall–Kier alpha value is -2.43. The topological polar surface area (TPSA) is 49.3 Å². The number of amides is 1. The number of benzene rings is 2. The third-order valence-corrected chi connectivity index (χ3v) is 5.03. The molecule has 3 aromatic rings. The molecule has 128 valence electrons. The van der Waals surface area contributed by atoms with Crippen molar-refractivity contribution in [1.29, 1.82) is 0 Å². The van der Waals surface area contributed by atoms with Gasteiger partial charge in [0.15, 0.2) is 0 Å². The van der Waals surface area contributed by atoms with Gasteiger partial charge in [-0.15, -0.1) is 11.3 Å². The van der Waals surface area contributed by atoms with Crippen molar-refractivity contribution in [3.05, 3.63) is 82.6 Å². The van der Waals surface area contributed by atoms with Gasteiger partial charge in [0.05, 0.1) is 13.0 Å². The van der Waals surface area contributed by atoms with Gasteiger partial charge in [-0.1, -0.05) is 60.7 Å². The Kier molecular flexibility index (Phi) is 5.31. The van der Waals surface area contributed by atoms with E-state index in [2.05, 4.69) is 17.4 Å². The van der Waals surface area contributed by atoms with E-state index >= 15 is 0 Å². The van der Waals surface area contributed by atoms with Gasteiger partial charge in [0.1, 0.15) is 5.60 Å². The maximum Gasteiger partial charge on any atom is 0.225 e. The molecule has 25 heavy (non-hydrogen) atoms. The molecule has 0 saturated carbocycles. The Morgan fingerprint density at radius 3 is 2.32 bits per heavy atom. The molecule has 4 heteroatoms. The highest BCUT2D eigenvalue weighted by Crippen LogP contribution is 2.24. The number of aliphatic hydroxyl groups is 1. The third kappa shape index (κ3) is 4.56. The van der Waals surface area contributed by atoms with Gasteiger partial charge in [0.2, 0.25) is 5.91 Å². The van der Waals surface area contributed by atoms with Crippen molar-refractivity contribution in [3.8, 4) is 11.1 Å². The van der Waals surface area contributed by atoms with Crippen LogP contribution in [0.4, 0.5) is 0 Å². The fourth-order valence-electron chi connectivity index (χ4n) is 2.66. The van der Waals surface area contributed by atoms with Crippen molar-refractivity contribution >= 4 is 17.2 Å². The van der Waals surface area contributed by atoms with E-state index in [-0.39, 0.29) is 12.5 Å². The molecule has 0 aliphatic carbocycles. The molecule has 1 aromatic heterocycles. The van der Waals surface area contributed by atoms with E-state index in [9.17, 15) is 9.90 Å². The smallest absolute Gasteiger partial charge is 0.225 e. The Labute approximate surface area is 152 Å². The molecule has 0 aliphatic heterocycles. The van der Waals surface area contributed by atoms with Crippen molar-refractivity contribution in [2.45, 2.75) is 18.9 Å². The minimum absolute atomic E-state index is 0.0800. The second kappa shape index (κ2) is 7.64.